The lowest BCUT2D eigenvalue weighted by atomic mass is 9.75. The molecule has 0 aliphatic carbocycles. The van der Waals surface area contributed by atoms with E-state index in [1.165, 1.54) is 0 Å². The minimum Gasteiger partial charge on any atom is -0.377 e. The quantitative estimate of drug-likeness (QED) is 0.247. The molecule has 0 saturated carbocycles. The van der Waals surface area contributed by atoms with Crippen molar-refractivity contribution in [3.8, 4) is 5.75 Å². The second-order valence-electron chi connectivity index (χ2n) is 9.88. The van der Waals surface area contributed by atoms with Gasteiger partial charge in [0.15, 0.2) is 0 Å². The van der Waals surface area contributed by atoms with Crippen LogP contribution in [0.25, 0.3) is 0 Å². The van der Waals surface area contributed by atoms with Gasteiger partial charge in [-0.2, -0.15) is 17.2 Å². The topological polar surface area (TPSA) is 82.1 Å². The maximum absolute atomic E-state index is 14.1. The highest BCUT2D eigenvalue weighted by Crippen LogP contribution is 2.45. The third-order valence-electron chi connectivity index (χ3n) is 4.22. The molecule has 1 rings (SSSR count). The summed E-state index contributed by atoms with van der Waals surface area (Å²) in [6, 6.07) is 3.58. The lowest BCUT2D eigenvalue weighted by molar-refractivity contribution is -0.433. The summed E-state index contributed by atoms with van der Waals surface area (Å²) < 4.78 is 57.1. The fraction of sp³-hybridized carbons (Fsp3) is 0.684. The molecule has 0 aliphatic rings. The smallest absolute Gasteiger partial charge is 0.377 e. The van der Waals surface area contributed by atoms with Gasteiger partial charge in [0, 0.05) is 11.1 Å². The Balaban J connectivity index is 3.80. The second kappa shape index (κ2) is 8.30. The summed E-state index contributed by atoms with van der Waals surface area (Å²) in [6.45, 7) is 17.1. The first-order valence-electron chi connectivity index (χ1n) is 8.91. The van der Waals surface area contributed by atoms with Crippen LogP contribution in [-0.2, 0) is 35.7 Å². The zero-order chi connectivity index (χ0) is 23.1. The molecule has 0 saturated heterocycles. The van der Waals surface area contributed by atoms with Crippen molar-refractivity contribution in [2.24, 2.45) is 0 Å². The molecule has 29 heavy (non-hydrogen) atoms. The van der Waals surface area contributed by atoms with E-state index >= 15 is 0 Å². The van der Waals surface area contributed by atoms with Gasteiger partial charge < -0.3 is 4.18 Å². The number of benzene rings is 1. The molecule has 1 N–H and O–H groups in total. The van der Waals surface area contributed by atoms with E-state index in [9.17, 15) is 17.2 Å². The molecule has 6 nitrogen and oxygen atoms in total. The summed E-state index contributed by atoms with van der Waals surface area (Å²) in [6.07, 6.45) is 0. The molecule has 0 unspecified atom stereocenters. The SMILES string of the molecule is CC(C)(C)c1cc(C(C)(C)C)c(OS(=O)(=O)C(F)(F)SOOO)c(C(C)(C)C)c1. The molecule has 168 valence electrons. The average Bonchev–Trinajstić information content (AvgIpc) is 2.49. The van der Waals surface area contributed by atoms with Crippen LogP contribution in [0.5, 0.6) is 5.75 Å². The summed E-state index contributed by atoms with van der Waals surface area (Å²) in [4.78, 5) is 0. The highest BCUT2D eigenvalue weighted by Gasteiger charge is 2.51. The van der Waals surface area contributed by atoms with E-state index in [1.54, 1.807) is 12.1 Å². The minimum absolute atomic E-state index is 0.136. The predicted molar refractivity (Wildman–Crippen MR) is 109 cm³/mol. The van der Waals surface area contributed by atoms with Crippen molar-refractivity contribution in [2.75, 3.05) is 0 Å². The summed E-state index contributed by atoms with van der Waals surface area (Å²) in [5.41, 5.74) is 0.439. The molecule has 0 heterocycles. The largest absolute Gasteiger partial charge is 0.456 e. The molecule has 0 atom stereocenters. The normalized spacial score (nSPS) is 14.2. The molecule has 0 aliphatic heterocycles. The Morgan fingerprint density at radius 1 is 0.862 bits per heavy atom. The average molecular weight is 457 g/mol. The van der Waals surface area contributed by atoms with Crippen molar-refractivity contribution >= 4 is 22.2 Å². The Morgan fingerprint density at radius 3 is 1.59 bits per heavy atom. The van der Waals surface area contributed by atoms with Gasteiger partial charge >= 0.3 is 14.7 Å². The van der Waals surface area contributed by atoms with Gasteiger partial charge in [-0.15, -0.1) is 4.33 Å². The molecule has 10 heteroatoms. The Kier molecular flexibility index (Phi) is 7.47. The van der Waals surface area contributed by atoms with E-state index in [1.807, 2.05) is 62.3 Å². The first-order chi connectivity index (χ1) is 12.7. The van der Waals surface area contributed by atoms with Crippen molar-refractivity contribution in [3.05, 3.63) is 28.8 Å². The monoisotopic (exact) mass is 456 g/mol. The van der Waals surface area contributed by atoms with Gasteiger partial charge in [-0.05, 0) is 21.8 Å². The van der Waals surface area contributed by atoms with E-state index in [4.69, 9.17) is 9.44 Å². The van der Waals surface area contributed by atoms with Crippen LogP contribution in [0.15, 0.2) is 12.1 Å². The number of hydrogen-bond donors (Lipinski definition) is 1. The molecule has 0 fully saturated rings. The first kappa shape index (κ1) is 26.1. The molecule has 0 bridgehead atoms. The zero-order valence-corrected chi connectivity index (χ0v) is 19.8. The summed E-state index contributed by atoms with van der Waals surface area (Å²) in [7, 11) is -5.49. The highest BCUT2D eigenvalue weighted by atomic mass is 32.3. The van der Waals surface area contributed by atoms with Gasteiger partial charge in [0.25, 0.3) is 0 Å². The van der Waals surface area contributed by atoms with Crippen LogP contribution in [0.1, 0.15) is 79.0 Å². The third kappa shape index (κ3) is 6.27. The number of halogens is 2. The fourth-order valence-corrected chi connectivity index (χ4v) is 3.64. The zero-order valence-electron chi connectivity index (χ0n) is 18.2. The van der Waals surface area contributed by atoms with Crippen LogP contribution >= 0.6 is 12.0 Å². The van der Waals surface area contributed by atoms with E-state index < -0.39 is 37.6 Å². The van der Waals surface area contributed by atoms with Crippen molar-refractivity contribution in [2.45, 2.75) is 83.1 Å². The number of hydrogen-bond acceptors (Lipinski definition) is 7. The lowest BCUT2D eigenvalue weighted by Crippen LogP contribution is -2.32. The number of rotatable bonds is 6. The molecule has 0 aromatic heterocycles. The van der Waals surface area contributed by atoms with Gasteiger partial charge in [-0.25, -0.2) is 5.26 Å². The van der Waals surface area contributed by atoms with Crippen LogP contribution in [-0.4, -0.2) is 18.3 Å². The van der Waals surface area contributed by atoms with E-state index in [0.29, 0.717) is 11.1 Å². The molecule has 1 aromatic rings. The van der Waals surface area contributed by atoms with E-state index in [2.05, 4.69) is 9.37 Å². The van der Waals surface area contributed by atoms with Gasteiger partial charge in [-0.3, -0.25) is 0 Å². The molecule has 0 radical (unpaired) electrons. The van der Waals surface area contributed by atoms with Crippen LogP contribution in [0.2, 0.25) is 0 Å². The maximum Gasteiger partial charge on any atom is 0.456 e. The lowest BCUT2D eigenvalue weighted by Gasteiger charge is -2.33. The van der Waals surface area contributed by atoms with Crippen LogP contribution in [0, 0.1) is 0 Å². The van der Waals surface area contributed by atoms with E-state index in [0.717, 1.165) is 5.56 Å². The van der Waals surface area contributed by atoms with Crippen molar-refractivity contribution in [1.82, 2.24) is 0 Å². The third-order valence-corrected chi connectivity index (χ3v) is 6.32. The van der Waals surface area contributed by atoms with Gasteiger partial charge in [0.05, 0.1) is 0 Å². The summed E-state index contributed by atoms with van der Waals surface area (Å²) in [5, 5.41) is 11.2. The van der Waals surface area contributed by atoms with Crippen molar-refractivity contribution in [1.29, 1.82) is 0 Å². The fourth-order valence-electron chi connectivity index (χ4n) is 2.52. The summed E-state index contributed by atoms with van der Waals surface area (Å²) in [5.74, 6) is -0.136. The first-order valence-corrected chi connectivity index (χ1v) is 11.1. The van der Waals surface area contributed by atoms with Crippen molar-refractivity contribution < 1.29 is 36.0 Å². The van der Waals surface area contributed by atoms with E-state index in [-0.39, 0.29) is 11.2 Å². The summed E-state index contributed by atoms with van der Waals surface area (Å²) >= 11 is -0.880. The van der Waals surface area contributed by atoms with Crippen LogP contribution < -0.4 is 4.18 Å². The van der Waals surface area contributed by atoms with Crippen molar-refractivity contribution in [3.63, 3.8) is 0 Å². The number of alkyl halides is 2. The van der Waals surface area contributed by atoms with Crippen LogP contribution in [0.4, 0.5) is 8.78 Å². The highest BCUT2D eigenvalue weighted by molar-refractivity contribution is 8.09. The van der Waals surface area contributed by atoms with Crippen LogP contribution in [0.3, 0.4) is 0 Å². The molecule has 1 aromatic carbocycles. The standard InChI is InChI=1S/C19H30F2O6S2/c1-16(2,3)12-10-13(17(4,5)6)15(14(11-12)18(7,8)9)25-29(23,24)19(20,21)28-27-26-22/h10-11,22H,1-9H3. The minimum atomic E-state index is -5.49. The molecule has 0 spiro atoms. The Morgan fingerprint density at radius 2 is 1.28 bits per heavy atom. The molecular formula is C19H30F2O6S2. The van der Waals surface area contributed by atoms with Gasteiger partial charge in [0.1, 0.15) is 17.8 Å². The molecule has 0 amide bonds. The van der Waals surface area contributed by atoms with Gasteiger partial charge in [-0.1, -0.05) is 79.5 Å². The maximum atomic E-state index is 14.1. The predicted octanol–water partition coefficient (Wildman–Crippen LogP) is 5.91. The Hall–Kier alpha value is -0.940. The Bertz CT molecular complexity index is 797. The van der Waals surface area contributed by atoms with Gasteiger partial charge in [0.2, 0.25) is 0 Å². The second-order valence-corrected chi connectivity index (χ2v) is 12.5. The Labute approximate surface area is 176 Å². The molecular weight excluding hydrogens is 426 g/mol.